The van der Waals surface area contributed by atoms with Crippen LogP contribution >= 0.6 is 0 Å². The molecule has 1 aromatic rings. The average molecular weight is 262 g/mol. The number of hydrogen-bond donors (Lipinski definition) is 0. The fourth-order valence-electron chi connectivity index (χ4n) is 2.41. The molecule has 6 heteroatoms. The Bertz CT molecular complexity index is 438. The second-order valence-electron chi connectivity index (χ2n) is 5.33. The van der Waals surface area contributed by atoms with Crippen molar-refractivity contribution in [2.75, 3.05) is 26.2 Å². The molecule has 2 rings (SSSR count). The maximum atomic E-state index is 8.93. The molecule has 1 atom stereocenters. The van der Waals surface area contributed by atoms with Crippen molar-refractivity contribution in [2.24, 2.45) is 0 Å². The van der Waals surface area contributed by atoms with E-state index in [1.807, 2.05) is 11.6 Å². The molecule has 104 valence electrons. The average Bonchev–Trinajstić information content (AvgIpc) is 2.87. The van der Waals surface area contributed by atoms with Crippen molar-refractivity contribution >= 4 is 0 Å². The summed E-state index contributed by atoms with van der Waals surface area (Å²) >= 11 is 0. The molecule has 2 heterocycles. The zero-order chi connectivity index (χ0) is 13.8. The van der Waals surface area contributed by atoms with Gasteiger partial charge in [0.05, 0.1) is 18.7 Å². The lowest BCUT2D eigenvalue weighted by molar-refractivity contribution is 0.111. The highest BCUT2D eigenvalue weighted by Gasteiger charge is 2.22. The van der Waals surface area contributed by atoms with Gasteiger partial charge in [0, 0.05) is 32.2 Å². The van der Waals surface area contributed by atoms with Crippen LogP contribution in [0.5, 0.6) is 0 Å². The smallest absolute Gasteiger partial charge is 0.141 e. The SMILES string of the molecule is CC(C#N)N1CCN(Cc2ncnn2C(C)C)CC1. The molecule has 6 nitrogen and oxygen atoms in total. The molecule has 0 amide bonds. The summed E-state index contributed by atoms with van der Waals surface area (Å²) in [6, 6.07) is 2.66. The lowest BCUT2D eigenvalue weighted by Crippen LogP contribution is -2.49. The van der Waals surface area contributed by atoms with Gasteiger partial charge in [0.15, 0.2) is 0 Å². The van der Waals surface area contributed by atoms with Crippen molar-refractivity contribution in [2.45, 2.75) is 39.4 Å². The summed E-state index contributed by atoms with van der Waals surface area (Å²) in [5.74, 6) is 1.02. The molecular weight excluding hydrogens is 240 g/mol. The summed E-state index contributed by atoms with van der Waals surface area (Å²) < 4.78 is 1.98. The molecule has 0 radical (unpaired) electrons. The summed E-state index contributed by atoms with van der Waals surface area (Å²) in [6.45, 7) is 10.9. The highest BCUT2D eigenvalue weighted by atomic mass is 15.4. The Morgan fingerprint density at radius 3 is 2.53 bits per heavy atom. The third-order valence-corrected chi connectivity index (χ3v) is 3.64. The fourth-order valence-corrected chi connectivity index (χ4v) is 2.41. The van der Waals surface area contributed by atoms with Crippen LogP contribution in [-0.2, 0) is 6.54 Å². The molecule has 1 aliphatic rings. The molecule has 0 aromatic carbocycles. The zero-order valence-electron chi connectivity index (χ0n) is 12.0. The predicted molar refractivity (Wildman–Crippen MR) is 72.3 cm³/mol. The molecule has 0 bridgehead atoms. The topological polar surface area (TPSA) is 61.0 Å². The summed E-state index contributed by atoms with van der Waals surface area (Å²) in [4.78, 5) is 8.95. The molecule has 0 saturated carbocycles. The van der Waals surface area contributed by atoms with Crippen LogP contribution in [0.15, 0.2) is 6.33 Å². The van der Waals surface area contributed by atoms with Crippen LogP contribution in [0.1, 0.15) is 32.6 Å². The number of rotatable bonds is 4. The van der Waals surface area contributed by atoms with Gasteiger partial charge in [-0.2, -0.15) is 10.4 Å². The van der Waals surface area contributed by atoms with Gasteiger partial charge in [-0.25, -0.2) is 9.67 Å². The third kappa shape index (κ3) is 3.31. The number of piperazine rings is 1. The van der Waals surface area contributed by atoms with Crippen LogP contribution in [0.2, 0.25) is 0 Å². The van der Waals surface area contributed by atoms with Crippen molar-refractivity contribution in [3.05, 3.63) is 12.2 Å². The summed E-state index contributed by atoms with van der Waals surface area (Å²) in [5, 5.41) is 13.2. The van der Waals surface area contributed by atoms with Gasteiger partial charge < -0.3 is 0 Å². The van der Waals surface area contributed by atoms with E-state index in [2.05, 4.69) is 39.8 Å². The minimum Gasteiger partial charge on any atom is -0.293 e. The predicted octanol–water partition coefficient (Wildman–Crippen LogP) is 0.889. The van der Waals surface area contributed by atoms with E-state index in [1.165, 1.54) is 0 Å². The molecule has 0 N–H and O–H groups in total. The molecule has 0 spiro atoms. The van der Waals surface area contributed by atoms with E-state index in [4.69, 9.17) is 5.26 Å². The first kappa shape index (κ1) is 14.0. The maximum absolute atomic E-state index is 8.93. The third-order valence-electron chi connectivity index (χ3n) is 3.64. The van der Waals surface area contributed by atoms with Crippen molar-refractivity contribution in [3.63, 3.8) is 0 Å². The minimum absolute atomic E-state index is 0.0152. The molecule has 0 aliphatic carbocycles. The zero-order valence-corrected chi connectivity index (χ0v) is 12.0. The Morgan fingerprint density at radius 1 is 1.26 bits per heavy atom. The number of aromatic nitrogens is 3. The first-order valence-electron chi connectivity index (χ1n) is 6.86. The molecule has 1 fully saturated rings. The van der Waals surface area contributed by atoms with E-state index < -0.39 is 0 Å². The van der Waals surface area contributed by atoms with Crippen LogP contribution < -0.4 is 0 Å². The van der Waals surface area contributed by atoms with Crippen LogP contribution in [0.3, 0.4) is 0 Å². The number of nitriles is 1. The van der Waals surface area contributed by atoms with Gasteiger partial charge in [-0.3, -0.25) is 9.80 Å². The van der Waals surface area contributed by atoms with E-state index in [9.17, 15) is 0 Å². The fraction of sp³-hybridized carbons (Fsp3) is 0.769. The number of nitrogens with zero attached hydrogens (tertiary/aromatic N) is 6. The summed E-state index contributed by atoms with van der Waals surface area (Å²) in [7, 11) is 0. The van der Waals surface area contributed by atoms with Gasteiger partial charge in [0.25, 0.3) is 0 Å². The maximum Gasteiger partial charge on any atom is 0.141 e. The minimum atomic E-state index is 0.0152. The van der Waals surface area contributed by atoms with Gasteiger partial charge in [0.1, 0.15) is 12.2 Å². The summed E-state index contributed by atoms with van der Waals surface area (Å²) in [6.07, 6.45) is 1.63. The normalized spacial score (nSPS) is 19.5. The molecule has 1 saturated heterocycles. The Hall–Kier alpha value is -1.45. The van der Waals surface area contributed by atoms with Crippen molar-refractivity contribution in [1.82, 2.24) is 24.6 Å². The van der Waals surface area contributed by atoms with Gasteiger partial charge in [-0.05, 0) is 20.8 Å². The first-order chi connectivity index (χ1) is 9.11. The lowest BCUT2D eigenvalue weighted by Gasteiger charge is -2.35. The molecule has 1 aliphatic heterocycles. The van der Waals surface area contributed by atoms with Gasteiger partial charge in [-0.15, -0.1) is 0 Å². The Morgan fingerprint density at radius 2 is 1.95 bits per heavy atom. The highest BCUT2D eigenvalue weighted by molar-refractivity contribution is 4.92. The van der Waals surface area contributed by atoms with Crippen LogP contribution in [0.4, 0.5) is 0 Å². The summed E-state index contributed by atoms with van der Waals surface area (Å²) in [5.41, 5.74) is 0. The van der Waals surface area contributed by atoms with E-state index in [-0.39, 0.29) is 6.04 Å². The molecular formula is C13H22N6. The monoisotopic (exact) mass is 262 g/mol. The van der Waals surface area contributed by atoms with Crippen molar-refractivity contribution < 1.29 is 0 Å². The second kappa shape index (κ2) is 6.13. The highest BCUT2D eigenvalue weighted by Crippen LogP contribution is 2.11. The molecule has 19 heavy (non-hydrogen) atoms. The van der Waals surface area contributed by atoms with E-state index >= 15 is 0 Å². The lowest BCUT2D eigenvalue weighted by atomic mass is 10.2. The van der Waals surface area contributed by atoms with Crippen molar-refractivity contribution in [3.8, 4) is 6.07 Å². The largest absolute Gasteiger partial charge is 0.293 e. The van der Waals surface area contributed by atoms with E-state index in [0.717, 1.165) is 38.5 Å². The van der Waals surface area contributed by atoms with E-state index in [1.54, 1.807) is 6.33 Å². The quantitative estimate of drug-likeness (QED) is 0.806. The van der Waals surface area contributed by atoms with Crippen LogP contribution in [0.25, 0.3) is 0 Å². The standard InChI is InChI=1S/C13H22N6/c1-11(2)19-13(15-10-16-19)9-17-4-6-18(7-5-17)12(3)8-14/h10-12H,4-7,9H2,1-3H3. The Kier molecular flexibility index (Phi) is 4.51. The molecule has 1 unspecified atom stereocenters. The van der Waals surface area contributed by atoms with Gasteiger partial charge >= 0.3 is 0 Å². The van der Waals surface area contributed by atoms with E-state index in [0.29, 0.717) is 6.04 Å². The van der Waals surface area contributed by atoms with Crippen molar-refractivity contribution in [1.29, 1.82) is 5.26 Å². The van der Waals surface area contributed by atoms with Gasteiger partial charge in [-0.1, -0.05) is 0 Å². The van der Waals surface area contributed by atoms with Crippen LogP contribution in [-0.4, -0.2) is 56.8 Å². The first-order valence-corrected chi connectivity index (χ1v) is 6.86. The van der Waals surface area contributed by atoms with Gasteiger partial charge in [0.2, 0.25) is 0 Å². The van der Waals surface area contributed by atoms with Crippen LogP contribution in [0, 0.1) is 11.3 Å². The molecule has 1 aromatic heterocycles. The Balaban J connectivity index is 1.89. The second-order valence-corrected chi connectivity index (χ2v) is 5.33. The number of hydrogen-bond acceptors (Lipinski definition) is 5. The Labute approximate surface area is 114 Å².